The Balaban J connectivity index is 1.43. The molecule has 3 N–H and O–H groups in total. The molecule has 36 heavy (non-hydrogen) atoms. The molecule has 180 valence electrons. The van der Waals surface area contributed by atoms with Gasteiger partial charge in [-0.1, -0.05) is 6.07 Å². The van der Waals surface area contributed by atoms with Crippen molar-refractivity contribution in [2.24, 2.45) is 0 Å². The first-order valence-corrected chi connectivity index (χ1v) is 11.0. The lowest BCUT2D eigenvalue weighted by Gasteiger charge is -2.16. The van der Waals surface area contributed by atoms with Gasteiger partial charge in [-0.3, -0.25) is 10.1 Å². The summed E-state index contributed by atoms with van der Waals surface area (Å²) in [6.07, 6.45) is 1.77. The highest BCUT2D eigenvalue weighted by Crippen LogP contribution is 2.43. The van der Waals surface area contributed by atoms with Gasteiger partial charge < -0.3 is 19.9 Å². The second kappa shape index (κ2) is 8.32. The number of amides is 1. The molecule has 1 aliphatic rings. The molecular formula is C26H21N5O5. The van der Waals surface area contributed by atoms with Gasteiger partial charge in [-0.05, 0) is 57.2 Å². The fourth-order valence-electron chi connectivity index (χ4n) is 4.12. The van der Waals surface area contributed by atoms with Crippen LogP contribution in [0.5, 0.6) is 17.2 Å². The Kier molecular flexibility index (Phi) is 5.25. The smallest absolute Gasteiger partial charge is 0.409 e. The van der Waals surface area contributed by atoms with Gasteiger partial charge in [-0.2, -0.15) is 10.4 Å². The van der Waals surface area contributed by atoms with Crippen molar-refractivity contribution in [2.75, 3.05) is 10.6 Å². The number of ether oxygens (including phenoxy) is 2. The van der Waals surface area contributed by atoms with E-state index in [1.165, 1.54) is 10.7 Å². The van der Waals surface area contributed by atoms with Crippen LogP contribution in [0.25, 0.3) is 5.52 Å². The molecule has 0 bridgehead atoms. The average molecular weight is 483 g/mol. The summed E-state index contributed by atoms with van der Waals surface area (Å²) in [7, 11) is 0. The van der Waals surface area contributed by atoms with Gasteiger partial charge in [-0.15, -0.1) is 0 Å². The summed E-state index contributed by atoms with van der Waals surface area (Å²) in [6.45, 7) is 5.19. The van der Waals surface area contributed by atoms with Crippen molar-refractivity contribution in [3.63, 3.8) is 0 Å². The van der Waals surface area contributed by atoms with Gasteiger partial charge >= 0.3 is 6.09 Å². The Hall–Kier alpha value is -5.04. The third-order valence-electron chi connectivity index (χ3n) is 5.90. The van der Waals surface area contributed by atoms with Crippen LogP contribution in [-0.2, 0) is 0 Å². The molecule has 2 aromatic heterocycles. The Morgan fingerprint density at radius 1 is 1.22 bits per heavy atom. The number of aromatic nitrogens is 2. The number of para-hydroxylation sites is 1. The Labute approximate surface area is 205 Å². The first-order valence-electron chi connectivity index (χ1n) is 11.0. The largest absolute Gasteiger partial charge is 0.475 e. The van der Waals surface area contributed by atoms with Gasteiger partial charge in [0.25, 0.3) is 0 Å². The van der Waals surface area contributed by atoms with Crippen molar-refractivity contribution >= 4 is 34.5 Å². The molecule has 0 saturated heterocycles. The number of nitrogens with zero attached hydrogens (tertiary/aromatic N) is 3. The topological polar surface area (TPSA) is 138 Å². The molecule has 0 radical (unpaired) electrons. The lowest BCUT2D eigenvalue weighted by atomic mass is 10.00. The number of ketones is 1. The number of nitrogens with one attached hydrogen (secondary N) is 2. The number of carboxylic acid groups (broad SMARTS) is 1. The molecule has 2 aromatic carbocycles. The van der Waals surface area contributed by atoms with Gasteiger partial charge in [0.2, 0.25) is 5.78 Å². The van der Waals surface area contributed by atoms with E-state index in [2.05, 4.69) is 21.8 Å². The number of carbonyl (C=O) groups excluding carboxylic acids is 1. The van der Waals surface area contributed by atoms with E-state index in [0.717, 1.165) is 0 Å². The van der Waals surface area contributed by atoms with E-state index < -0.39 is 11.7 Å². The van der Waals surface area contributed by atoms with E-state index in [-0.39, 0.29) is 5.78 Å². The molecule has 3 heterocycles. The molecule has 0 aliphatic carbocycles. The number of Topliss-reactive ketones (excluding diaryl/α,β-unsaturated/α-hetero) is 1. The number of carbonyl (C=O) groups is 2. The minimum Gasteiger partial charge on any atom is -0.475 e. The SMILES string of the molecule is Cc1c(NC(=O)O)cn2ncc(C#N)c(Nc3ccc(Oc4cccc5c4OC(C)(C)C5=O)cc3)c12. The van der Waals surface area contributed by atoms with E-state index >= 15 is 0 Å². The normalized spacial score (nSPS) is 13.6. The Morgan fingerprint density at radius 2 is 1.97 bits per heavy atom. The molecule has 4 aromatic rings. The molecule has 10 heteroatoms. The summed E-state index contributed by atoms with van der Waals surface area (Å²) in [5.74, 6) is 1.29. The number of aryl methyl sites for hydroxylation is 1. The lowest BCUT2D eigenvalue weighted by molar-refractivity contribution is 0.0680. The number of fused-ring (bicyclic) bond motifs is 2. The zero-order valence-electron chi connectivity index (χ0n) is 19.6. The molecule has 5 rings (SSSR count). The predicted octanol–water partition coefficient (Wildman–Crippen LogP) is 5.49. The average Bonchev–Trinajstić information content (AvgIpc) is 3.28. The van der Waals surface area contributed by atoms with Crippen LogP contribution in [0.4, 0.5) is 21.9 Å². The fourth-order valence-corrected chi connectivity index (χ4v) is 4.12. The molecule has 0 unspecified atom stereocenters. The maximum absolute atomic E-state index is 12.5. The highest BCUT2D eigenvalue weighted by molar-refractivity contribution is 6.07. The zero-order valence-corrected chi connectivity index (χ0v) is 19.6. The minimum atomic E-state index is -1.19. The van der Waals surface area contributed by atoms with E-state index in [4.69, 9.17) is 14.6 Å². The van der Waals surface area contributed by atoms with Crippen LogP contribution in [0.15, 0.2) is 54.9 Å². The number of anilines is 3. The number of hydrogen-bond acceptors (Lipinski definition) is 7. The highest BCUT2D eigenvalue weighted by atomic mass is 16.5. The second-order valence-corrected chi connectivity index (χ2v) is 8.76. The van der Waals surface area contributed by atoms with E-state index in [0.29, 0.717) is 56.5 Å². The second-order valence-electron chi connectivity index (χ2n) is 8.76. The van der Waals surface area contributed by atoms with Crippen molar-refractivity contribution in [1.82, 2.24) is 9.61 Å². The molecule has 0 atom stereocenters. The standard InChI is InChI=1S/C26H21N5O5/c1-14-19(30-25(33)34)13-31-22(14)21(15(11-27)12-28-31)29-16-7-9-17(10-8-16)35-20-6-4-5-18-23(20)36-26(2,3)24(18)32/h4-10,12-13,29-30H,1-3H3,(H,33,34). The van der Waals surface area contributed by atoms with Gasteiger partial charge in [0.05, 0.1) is 40.4 Å². The third-order valence-corrected chi connectivity index (χ3v) is 5.90. The third kappa shape index (κ3) is 3.82. The van der Waals surface area contributed by atoms with Crippen molar-refractivity contribution in [3.05, 3.63) is 71.5 Å². The first kappa shape index (κ1) is 22.7. The number of hydrogen-bond donors (Lipinski definition) is 3. The number of nitriles is 1. The van der Waals surface area contributed by atoms with Crippen LogP contribution < -0.4 is 20.1 Å². The van der Waals surface area contributed by atoms with Gasteiger partial charge in [0, 0.05) is 11.3 Å². The van der Waals surface area contributed by atoms with Crippen molar-refractivity contribution in [3.8, 4) is 23.3 Å². The summed E-state index contributed by atoms with van der Waals surface area (Å²) in [5.41, 5.74) is 2.58. The van der Waals surface area contributed by atoms with Crippen LogP contribution in [-0.4, -0.2) is 32.2 Å². The van der Waals surface area contributed by atoms with Crippen molar-refractivity contribution < 1.29 is 24.2 Å². The number of benzene rings is 2. The van der Waals surface area contributed by atoms with Gasteiger partial charge in [-0.25, -0.2) is 9.31 Å². The summed E-state index contributed by atoms with van der Waals surface area (Å²) in [4.78, 5) is 23.6. The zero-order chi connectivity index (χ0) is 25.6. The quantitative estimate of drug-likeness (QED) is 0.339. The number of rotatable bonds is 5. The Bertz CT molecular complexity index is 1580. The fraction of sp³-hybridized carbons (Fsp3) is 0.154. The van der Waals surface area contributed by atoms with Crippen LogP contribution >= 0.6 is 0 Å². The van der Waals surface area contributed by atoms with Crippen LogP contribution in [0, 0.1) is 18.3 Å². The molecule has 10 nitrogen and oxygen atoms in total. The van der Waals surface area contributed by atoms with Crippen LogP contribution in [0.1, 0.15) is 35.3 Å². The molecule has 1 amide bonds. The summed E-state index contributed by atoms with van der Waals surface area (Å²) >= 11 is 0. The summed E-state index contributed by atoms with van der Waals surface area (Å²) in [5, 5.41) is 28.5. The molecule has 0 saturated carbocycles. The summed E-state index contributed by atoms with van der Waals surface area (Å²) < 4.78 is 13.4. The van der Waals surface area contributed by atoms with Gasteiger partial charge in [0.15, 0.2) is 17.1 Å². The molecule has 1 aliphatic heterocycles. The van der Waals surface area contributed by atoms with E-state index in [1.54, 1.807) is 69.4 Å². The maximum atomic E-state index is 12.5. The summed E-state index contributed by atoms with van der Waals surface area (Å²) in [6, 6.07) is 14.4. The first-order chi connectivity index (χ1) is 17.2. The molecule has 0 fully saturated rings. The minimum absolute atomic E-state index is 0.0955. The monoisotopic (exact) mass is 483 g/mol. The van der Waals surface area contributed by atoms with Gasteiger partial charge in [0.1, 0.15) is 11.8 Å². The van der Waals surface area contributed by atoms with Crippen molar-refractivity contribution in [1.29, 1.82) is 5.26 Å². The maximum Gasteiger partial charge on any atom is 0.409 e. The highest BCUT2D eigenvalue weighted by Gasteiger charge is 2.41. The molecular weight excluding hydrogens is 462 g/mol. The van der Waals surface area contributed by atoms with E-state index in [9.17, 15) is 14.9 Å². The van der Waals surface area contributed by atoms with Crippen LogP contribution in [0.3, 0.4) is 0 Å². The predicted molar refractivity (Wildman–Crippen MR) is 132 cm³/mol. The lowest BCUT2D eigenvalue weighted by Crippen LogP contribution is -2.31. The van der Waals surface area contributed by atoms with Crippen molar-refractivity contribution in [2.45, 2.75) is 26.4 Å². The molecule has 0 spiro atoms. The van der Waals surface area contributed by atoms with E-state index in [1.807, 2.05) is 0 Å². The Morgan fingerprint density at radius 3 is 2.67 bits per heavy atom. The van der Waals surface area contributed by atoms with Crippen LogP contribution in [0.2, 0.25) is 0 Å².